The van der Waals surface area contributed by atoms with Gasteiger partial charge in [-0.1, -0.05) is 6.07 Å². The molecule has 2 rings (SSSR count). The lowest BCUT2D eigenvalue weighted by Gasteiger charge is -2.21. The number of carbonyl (C=O) groups is 1. The van der Waals surface area contributed by atoms with E-state index in [9.17, 15) is 4.79 Å². The first-order valence-corrected chi connectivity index (χ1v) is 5.87. The molecule has 1 aromatic rings. The number of hydrogen-bond acceptors (Lipinski definition) is 3. The summed E-state index contributed by atoms with van der Waals surface area (Å²) in [5.41, 5.74) is 0.989. The van der Waals surface area contributed by atoms with Gasteiger partial charge in [0.15, 0.2) is 0 Å². The summed E-state index contributed by atoms with van der Waals surface area (Å²) in [6.07, 6.45) is 8.00. The number of nitrogens with zero attached hydrogens (tertiary/aromatic N) is 1. The van der Waals surface area contributed by atoms with Gasteiger partial charge in [-0.3, -0.25) is 9.78 Å². The van der Waals surface area contributed by atoms with Crippen LogP contribution in [0.15, 0.2) is 24.5 Å². The summed E-state index contributed by atoms with van der Waals surface area (Å²) in [7, 11) is 0. The maximum absolute atomic E-state index is 11.8. The van der Waals surface area contributed by atoms with Gasteiger partial charge in [0.2, 0.25) is 0 Å². The molecule has 0 aliphatic carbocycles. The fourth-order valence-electron chi connectivity index (χ4n) is 2.02. The van der Waals surface area contributed by atoms with E-state index in [2.05, 4.69) is 4.98 Å². The minimum atomic E-state index is 0.151. The van der Waals surface area contributed by atoms with Crippen molar-refractivity contribution in [1.29, 1.82) is 0 Å². The quantitative estimate of drug-likeness (QED) is 0.779. The highest BCUT2D eigenvalue weighted by molar-refractivity contribution is 5.81. The third-order valence-electron chi connectivity index (χ3n) is 2.85. The van der Waals surface area contributed by atoms with Gasteiger partial charge in [0, 0.05) is 31.8 Å². The van der Waals surface area contributed by atoms with E-state index in [0.29, 0.717) is 12.8 Å². The molecule has 0 spiro atoms. The van der Waals surface area contributed by atoms with Crippen molar-refractivity contribution in [2.45, 2.75) is 38.2 Å². The van der Waals surface area contributed by atoms with E-state index in [4.69, 9.17) is 4.74 Å². The van der Waals surface area contributed by atoms with E-state index in [0.717, 1.165) is 25.0 Å². The van der Waals surface area contributed by atoms with Crippen LogP contribution in [0.4, 0.5) is 0 Å². The topological polar surface area (TPSA) is 39.2 Å². The van der Waals surface area contributed by atoms with Gasteiger partial charge in [-0.15, -0.1) is 0 Å². The molecule has 2 heterocycles. The van der Waals surface area contributed by atoms with Crippen LogP contribution in [-0.2, 0) is 16.0 Å². The number of pyridine rings is 1. The van der Waals surface area contributed by atoms with E-state index in [-0.39, 0.29) is 11.9 Å². The summed E-state index contributed by atoms with van der Waals surface area (Å²) in [4.78, 5) is 15.8. The number of aromatic nitrogens is 1. The Hall–Kier alpha value is -1.22. The van der Waals surface area contributed by atoms with Crippen molar-refractivity contribution in [2.24, 2.45) is 0 Å². The van der Waals surface area contributed by atoms with E-state index < -0.39 is 0 Å². The number of Topliss-reactive ketones (excluding diaryl/α,β-unsaturated/α-hetero) is 1. The number of hydrogen-bond donors (Lipinski definition) is 0. The molecule has 1 fully saturated rings. The third kappa shape index (κ3) is 3.42. The number of rotatable bonds is 4. The van der Waals surface area contributed by atoms with Gasteiger partial charge in [-0.2, -0.15) is 0 Å². The molecule has 0 N–H and O–H groups in total. The largest absolute Gasteiger partial charge is 0.378 e. The summed E-state index contributed by atoms with van der Waals surface area (Å²) in [5.74, 6) is 0.250. The van der Waals surface area contributed by atoms with Gasteiger partial charge in [-0.05, 0) is 30.9 Å². The van der Waals surface area contributed by atoms with Crippen molar-refractivity contribution < 1.29 is 9.53 Å². The summed E-state index contributed by atoms with van der Waals surface area (Å²) < 4.78 is 5.55. The Labute approximate surface area is 95.8 Å². The van der Waals surface area contributed by atoms with Crippen LogP contribution in [0.2, 0.25) is 0 Å². The number of ketones is 1. The first-order valence-electron chi connectivity index (χ1n) is 5.87. The molecule has 3 nitrogen and oxygen atoms in total. The van der Waals surface area contributed by atoms with Crippen LogP contribution >= 0.6 is 0 Å². The Kier molecular flexibility index (Phi) is 4.05. The molecule has 0 aromatic carbocycles. The molecule has 0 amide bonds. The Morgan fingerprint density at radius 2 is 2.44 bits per heavy atom. The zero-order chi connectivity index (χ0) is 11.2. The minimum Gasteiger partial charge on any atom is -0.378 e. The smallest absolute Gasteiger partial charge is 0.139 e. The van der Waals surface area contributed by atoms with Gasteiger partial charge in [-0.25, -0.2) is 0 Å². The molecule has 1 unspecified atom stereocenters. The molecule has 1 aliphatic heterocycles. The van der Waals surface area contributed by atoms with Gasteiger partial charge in [0.05, 0.1) is 6.10 Å². The molecule has 0 radical (unpaired) electrons. The molecule has 1 saturated heterocycles. The van der Waals surface area contributed by atoms with Crippen molar-refractivity contribution in [3.63, 3.8) is 0 Å². The Morgan fingerprint density at radius 3 is 3.12 bits per heavy atom. The SMILES string of the molecule is O=C(Cc1cccnc1)CC1CCCCO1. The molecule has 0 saturated carbocycles. The lowest BCUT2D eigenvalue weighted by molar-refractivity contribution is -0.122. The van der Waals surface area contributed by atoms with Crippen molar-refractivity contribution in [1.82, 2.24) is 4.98 Å². The average molecular weight is 219 g/mol. The summed E-state index contributed by atoms with van der Waals surface area (Å²) in [6, 6.07) is 3.80. The maximum atomic E-state index is 11.8. The standard InChI is InChI=1S/C13H17NO2/c15-12(8-11-4-3-6-14-10-11)9-13-5-1-2-7-16-13/h3-4,6,10,13H,1-2,5,7-9H2. The van der Waals surface area contributed by atoms with Crippen LogP contribution in [0.3, 0.4) is 0 Å². The first-order chi connectivity index (χ1) is 7.84. The van der Waals surface area contributed by atoms with Gasteiger partial charge < -0.3 is 4.74 Å². The molecule has 16 heavy (non-hydrogen) atoms. The van der Waals surface area contributed by atoms with Crippen molar-refractivity contribution in [3.8, 4) is 0 Å². The average Bonchev–Trinajstić information content (AvgIpc) is 2.31. The summed E-state index contributed by atoms with van der Waals surface area (Å²) in [5, 5.41) is 0. The molecule has 86 valence electrons. The third-order valence-corrected chi connectivity index (χ3v) is 2.85. The molecule has 1 aliphatic rings. The van der Waals surface area contributed by atoms with Crippen LogP contribution in [0.1, 0.15) is 31.2 Å². The first kappa shape index (κ1) is 11.3. The monoisotopic (exact) mass is 219 g/mol. The molecule has 1 aromatic heterocycles. The second-order valence-electron chi connectivity index (χ2n) is 4.27. The van der Waals surface area contributed by atoms with E-state index in [1.165, 1.54) is 6.42 Å². The van der Waals surface area contributed by atoms with Crippen LogP contribution in [0.25, 0.3) is 0 Å². The molecule has 0 bridgehead atoms. The highest BCUT2D eigenvalue weighted by Gasteiger charge is 2.17. The van der Waals surface area contributed by atoms with E-state index in [1.54, 1.807) is 12.4 Å². The zero-order valence-electron chi connectivity index (χ0n) is 9.39. The Bertz CT molecular complexity index is 331. The second-order valence-corrected chi connectivity index (χ2v) is 4.27. The van der Waals surface area contributed by atoms with Crippen LogP contribution in [0.5, 0.6) is 0 Å². The van der Waals surface area contributed by atoms with E-state index in [1.807, 2.05) is 12.1 Å². The zero-order valence-corrected chi connectivity index (χ0v) is 9.39. The van der Waals surface area contributed by atoms with Gasteiger partial charge in [0.25, 0.3) is 0 Å². The summed E-state index contributed by atoms with van der Waals surface area (Å²) in [6.45, 7) is 0.810. The fourth-order valence-corrected chi connectivity index (χ4v) is 2.02. The van der Waals surface area contributed by atoms with Crippen LogP contribution in [-0.4, -0.2) is 23.5 Å². The van der Waals surface area contributed by atoms with Gasteiger partial charge in [0.1, 0.15) is 5.78 Å². The van der Waals surface area contributed by atoms with E-state index >= 15 is 0 Å². The lowest BCUT2D eigenvalue weighted by Crippen LogP contribution is -2.23. The number of carbonyl (C=O) groups excluding carboxylic acids is 1. The van der Waals surface area contributed by atoms with Crippen LogP contribution in [0, 0.1) is 0 Å². The van der Waals surface area contributed by atoms with Crippen molar-refractivity contribution in [2.75, 3.05) is 6.61 Å². The summed E-state index contributed by atoms with van der Waals surface area (Å²) >= 11 is 0. The molecular formula is C13H17NO2. The minimum absolute atomic E-state index is 0.151. The molecular weight excluding hydrogens is 202 g/mol. The van der Waals surface area contributed by atoms with Crippen molar-refractivity contribution in [3.05, 3.63) is 30.1 Å². The normalized spacial score (nSPS) is 20.6. The van der Waals surface area contributed by atoms with Gasteiger partial charge >= 0.3 is 0 Å². The van der Waals surface area contributed by atoms with Crippen molar-refractivity contribution >= 4 is 5.78 Å². The Morgan fingerprint density at radius 1 is 1.50 bits per heavy atom. The molecule has 1 atom stereocenters. The Balaban J connectivity index is 1.80. The van der Waals surface area contributed by atoms with Crippen LogP contribution < -0.4 is 0 Å². The fraction of sp³-hybridized carbons (Fsp3) is 0.538. The lowest BCUT2D eigenvalue weighted by atomic mass is 10.0. The highest BCUT2D eigenvalue weighted by Crippen LogP contribution is 2.16. The highest BCUT2D eigenvalue weighted by atomic mass is 16.5. The molecule has 3 heteroatoms. The number of ether oxygens (including phenoxy) is 1. The maximum Gasteiger partial charge on any atom is 0.139 e. The second kappa shape index (κ2) is 5.75. The predicted molar refractivity (Wildman–Crippen MR) is 61.2 cm³/mol. The predicted octanol–water partition coefficient (Wildman–Crippen LogP) is 2.15.